The minimum atomic E-state index is -3.36. The molecule has 0 aliphatic heterocycles. The fourth-order valence-corrected chi connectivity index (χ4v) is 1.94. The summed E-state index contributed by atoms with van der Waals surface area (Å²) in [6, 6.07) is 4.51. The molecule has 88 valence electrons. The maximum absolute atomic E-state index is 11.0. The first-order valence-corrected chi connectivity index (χ1v) is 6.60. The van der Waals surface area contributed by atoms with Crippen molar-refractivity contribution in [3.63, 3.8) is 0 Å². The van der Waals surface area contributed by atoms with Gasteiger partial charge >= 0.3 is 0 Å². The fourth-order valence-electron chi connectivity index (χ4n) is 1.08. The van der Waals surface area contributed by atoms with Crippen molar-refractivity contribution >= 4 is 38.9 Å². The number of carbonyl (C=O) groups is 1. The van der Waals surface area contributed by atoms with Gasteiger partial charge < -0.3 is 5.32 Å². The van der Waals surface area contributed by atoms with Crippen molar-refractivity contribution in [2.75, 3.05) is 16.3 Å². The average molecular weight is 263 g/mol. The van der Waals surface area contributed by atoms with Gasteiger partial charge in [-0.05, 0) is 18.2 Å². The normalized spacial score (nSPS) is 10.9. The van der Waals surface area contributed by atoms with Crippen molar-refractivity contribution in [1.29, 1.82) is 0 Å². The quantitative estimate of drug-likeness (QED) is 0.870. The molecular weight excluding hydrogens is 252 g/mol. The van der Waals surface area contributed by atoms with Crippen molar-refractivity contribution in [3.8, 4) is 0 Å². The van der Waals surface area contributed by atoms with Crippen LogP contribution in [0.5, 0.6) is 0 Å². The van der Waals surface area contributed by atoms with Crippen LogP contribution in [0.3, 0.4) is 0 Å². The highest BCUT2D eigenvalue weighted by atomic mass is 35.5. The molecule has 0 spiro atoms. The molecule has 0 saturated heterocycles. The van der Waals surface area contributed by atoms with Crippen LogP contribution in [-0.2, 0) is 14.8 Å². The van der Waals surface area contributed by atoms with Gasteiger partial charge in [0.15, 0.2) is 0 Å². The van der Waals surface area contributed by atoms with Gasteiger partial charge in [0.25, 0.3) is 0 Å². The second-order valence-corrected chi connectivity index (χ2v) is 5.41. The van der Waals surface area contributed by atoms with Crippen molar-refractivity contribution in [2.24, 2.45) is 0 Å². The van der Waals surface area contributed by atoms with Gasteiger partial charge in [0.05, 0.1) is 17.0 Å². The molecule has 0 saturated carbocycles. The molecule has 5 nitrogen and oxygen atoms in total. The van der Waals surface area contributed by atoms with Crippen LogP contribution in [0.4, 0.5) is 11.4 Å². The maximum atomic E-state index is 11.0. The highest BCUT2D eigenvalue weighted by Gasteiger charge is 2.07. The summed E-state index contributed by atoms with van der Waals surface area (Å²) < 4.78 is 24.2. The Kier molecular flexibility index (Phi) is 3.77. The monoisotopic (exact) mass is 262 g/mol. The predicted molar refractivity (Wildman–Crippen MR) is 64.2 cm³/mol. The number of benzene rings is 1. The SMILES string of the molecule is CC(=O)Nc1ccc(NS(C)(=O)=O)c(Cl)c1. The van der Waals surface area contributed by atoms with Crippen LogP contribution in [-0.4, -0.2) is 20.6 Å². The zero-order valence-corrected chi connectivity index (χ0v) is 10.3. The Morgan fingerprint density at radius 3 is 2.44 bits per heavy atom. The van der Waals surface area contributed by atoms with E-state index in [1.54, 1.807) is 6.07 Å². The molecule has 0 unspecified atom stereocenters. The van der Waals surface area contributed by atoms with E-state index in [2.05, 4.69) is 10.0 Å². The van der Waals surface area contributed by atoms with E-state index in [9.17, 15) is 13.2 Å². The van der Waals surface area contributed by atoms with Gasteiger partial charge in [0.1, 0.15) is 0 Å². The molecule has 0 atom stereocenters. The Labute approximate surface area is 98.9 Å². The number of nitrogens with one attached hydrogen (secondary N) is 2. The lowest BCUT2D eigenvalue weighted by atomic mass is 10.3. The van der Waals surface area contributed by atoms with Gasteiger partial charge in [-0.3, -0.25) is 9.52 Å². The molecule has 0 aromatic heterocycles. The van der Waals surface area contributed by atoms with Gasteiger partial charge in [-0.15, -0.1) is 0 Å². The first kappa shape index (κ1) is 12.8. The van der Waals surface area contributed by atoms with Crippen LogP contribution in [0.2, 0.25) is 5.02 Å². The zero-order valence-electron chi connectivity index (χ0n) is 8.74. The number of carbonyl (C=O) groups excluding carboxylic acids is 1. The first-order valence-electron chi connectivity index (χ1n) is 4.33. The smallest absolute Gasteiger partial charge is 0.229 e. The number of anilines is 2. The molecule has 0 bridgehead atoms. The molecule has 1 aromatic rings. The molecular formula is C9H11ClN2O3S. The van der Waals surface area contributed by atoms with Crippen LogP contribution in [0.1, 0.15) is 6.92 Å². The van der Waals surface area contributed by atoms with Crippen LogP contribution < -0.4 is 10.0 Å². The summed E-state index contributed by atoms with van der Waals surface area (Å²) in [6.45, 7) is 1.37. The third kappa shape index (κ3) is 4.08. The van der Waals surface area contributed by atoms with Gasteiger partial charge in [-0.2, -0.15) is 0 Å². The average Bonchev–Trinajstić information content (AvgIpc) is 2.06. The summed E-state index contributed by atoms with van der Waals surface area (Å²) in [4.78, 5) is 10.8. The van der Waals surface area contributed by atoms with E-state index in [4.69, 9.17) is 11.6 Å². The number of halogens is 1. The molecule has 1 aromatic carbocycles. The van der Waals surface area contributed by atoms with Crippen LogP contribution >= 0.6 is 11.6 Å². The van der Waals surface area contributed by atoms with E-state index in [1.807, 2.05) is 0 Å². The van der Waals surface area contributed by atoms with Crippen LogP contribution in [0.15, 0.2) is 18.2 Å². The highest BCUT2D eigenvalue weighted by molar-refractivity contribution is 7.92. The molecule has 1 rings (SSSR count). The van der Waals surface area contributed by atoms with E-state index in [0.717, 1.165) is 6.26 Å². The summed E-state index contributed by atoms with van der Waals surface area (Å²) in [6.07, 6.45) is 1.03. The van der Waals surface area contributed by atoms with Gasteiger partial charge in [-0.25, -0.2) is 8.42 Å². The fraction of sp³-hybridized carbons (Fsp3) is 0.222. The Hall–Kier alpha value is -1.27. The molecule has 0 radical (unpaired) electrons. The molecule has 0 fully saturated rings. The lowest BCUT2D eigenvalue weighted by Gasteiger charge is -2.08. The van der Waals surface area contributed by atoms with Crippen LogP contribution in [0.25, 0.3) is 0 Å². The van der Waals surface area contributed by atoms with Crippen molar-refractivity contribution in [3.05, 3.63) is 23.2 Å². The van der Waals surface area contributed by atoms with E-state index in [-0.39, 0.29) is 16.6 Å². The Morgan fingerprint density at radius 2 is 2.00 bits per heavy atom. The second-order valence-electron chi connectivity index (χ2n) is 3.25. The number of hydrogen-bond donors (Lipinski definition) is 2. The summed E-state index contributed by atoms with van der Waals surface area (Å²) in [5.41, 5.74) is 0.787. The van der Waals surface area contributed by atoms with Crippen molar-refractivity contribution in [1.82, 2.24) is 0 Å². The van der Waals surface area contributed by atoms with Crippen molar-refractivity contribution in [2.45, 2.75) is 6.92 Å². The second kappa shape index (κ2) is 4.71. The lowest BCUT2D eigenvalue weighted by Crippen LogP contribution is -2.10. The molecule has 7 heteroatoms. The minimum Gasteiger partial charge on any atom is -0.326 e. The number of hydrogen-bond acceptors (Lipinski definition) is 3. The van der Waals surface area contributed by atoms with Gasteiger partial charge in [0.2, 0.25) is 15.9 Å². The zero-order chi connectivity index (χ0) is 12.3. The number of amides is 1. The van der Waals surface area contributed by atoms with Crippen molar-refractivity contribution < 1.29 is 13.2 Å². The summed E-state index contributed by atoms with van der Waals surface area (Å²) >= 11 is 5.84. The van der Waals surface area contributed by atoms with E-state index in [1.165, 1.54) is 19.1 Å². The third-order valence-corrected chi connectivity index (χ3v) is 2.49. The summed E-state index contributed by atoms with van der Waals surface area (Å²) in [7, 11) is -3.36. The molecule has 0 aliphatic rings. The lowest BCUT2D eigenvalue weighted by molar-refractivity contribution is -0.114. The summed E-state index contributed by atoms with van der Waals surface area (Å²) in [5.74, 6) is -0.222. The van der Waals surface area contributed by atoms with E-state index < -0.39 is 10.0 Å². The largest absolute Gasteiger partial charge is 0.326 e. The molecule has 0 heterocycles. The predicted octanol–water partition coefficient (Wildman–Crippen LogP) is 1.67. The number of sulfonamides is 1. The molecule has 0 aliphatic carbocycles. The molecule has 2 N–H and O–H groups in total. The third-order valence-electron chi connectivity index (χ3n) is 1.58. The topological polar surface area (TPSA) is 75.3 Å². The van der Waals surface area contributed by atoms with E-state index >= 15 is 0 Å². The highest BCUT2D eigenvalue weighted by Crippen LogP contribution is 2.26. The number of rotatable bonds is 3. The van der Waals surface area contributed by atoms with Gasteiger partial charge in [0, 0.05) is 12.6 Å². The summed E-state index contributed by atoms with van der Waals surface area (Å²) in [5, 5.41) is 2.75. The minimum absolute atomic E-state index is 0.219. The maximum Gasteiger partial charge on any atom is 0.229 e. The van der Waals surface area contributed by atoms with Crippen LogP contribution in [0, 0.1) is 0 Å². The Morgan fingerprint density at radius 1 is 1.38 bits per heavy atom. The Bertz CT molecular complexity index is 513. The first-order chi connectivity index (χ1) is 7.28. The molecule has 16 heavy (non-hydrogen) atoms. The van der Waals surface area contributed by atoms with E-state index in [0.29, 0.717) is 5.69 Å². The van der Waals surface area contributed by atoms with Gasteiger partial charge in [-0.1, -0.05) is 11.6 Å². The molecule has 1 amide bonds. The standard InChI is InChI=1S/C9H11ClN2O3S/c1-6(13)11-7-3-4-9(8(10)5-7)12-16(2,14)15/h3-5,12H,1-2H3,(H,11,13). The Balaban J connectivity index is 2.96.